The first-order valence-electron chi connectivity index (χ1n) is 16.7. The molecule has 0 amide bonds. The Hall–Kier alpha value is -7.39. The Morgan fingerprint density at radius 3 is 1.59 bits per heavy atom. The van der Waals surface area contributed by atoms with E-state index in [0.717, 1.165) is 30.1 Å². The number of hydrogen-bond donors (Lipinski definition) is 0. The van der Waals surface area contributed by atoms with Crippen LogP contribution >= 0.6 is 0 Å². The molecule has 0 unspecified atom stereocenters. The van der Waals surface area contributed by atoms with Gasteiger partial charge in [-0.1, -0.05) is 22.8 Å². The van der Waals surface area contributed by atoms with Crippen molar-refractivity contribution in [3.63, 3.8) is 0 Å². The van der Waals surface area contributed by atoms with Gasteiger partial charge in [-0.15, -0.1) is 15.3 Å². The second-order valence-corrected chi connectivity index (χ2v) is 12.3. The highest BCUT2D eigenvalue weighted by Gasteiger charge is 2.30. The number of aromatic nitrogens is 10. The largest absolute Gasteiger partial charge is 0.466 e. The molecule has 0 spiro atoms. The summed E-state index contributed by atoms with van der Waals surface area (Å²) in [6.45, 7) is -1.34. The number of aryl methyl sites for hydroxylation is 1. The first-order chi connectivity index (χ1) is 28.1. The van der Waals surface area contributed by atoms with Crippen molar-refractivity contribution < 1.29 is 53.7 Å². The van der Waals surface area contributed by atoms with E-state index in [1.54, 1.807) is 16.5 Å². The van der Waals surface area contributed by atoms with Gasteiger partial charge in [-0.2, -0.15) is 26.3 Å². The highest BCUT2D eigenvalue weighted by Crippen LogP contribution is 2.28. The summed E-state index contributed by atoms with van der Waals surface area (Å²) in [4.78, 5) is 15.5. The number of benzene rings is 2. The maximum absolute atomic E-state index is 14.1. The number of fused-ring (bicyclic) bond motifs is 2. The van der Waals surface area contributed by atoms with Crippen LogP contribution in [0.3, 0.4) is 0 Å². The van der Waals surface area contributed by atoms with E-state index in [0.29, 0.717) is 28.4 Å². The Balaban J connectivity index is 0.000000179. The molecule has 0 aliphatic rings. The zero-order valence-corrected chi connectivity index (χ0v) is 29.8. The zero-order chi connectivity index (χ0) is 41.9. The third-order valence-corrected chi connectivity index (χ3v) is 7.84. The minimum atomic E-state index is -4.61. The fourth-order valence-corrected chi connectivity index (χ4v) is 5.10. The van der Waals surface area contributed by atoms with Gasteiger partial charge in [0, 0.05) is 41.5 Å². The molecule has 0 N–H and O–H groups in total. The summed E-state index contributed by atoms with van der Waals surface area (Å²) >= 11 is 0. The summed E-state index contributed by atoms with van der Waals surface area (Å²) in [6, 6.07) is 15.0. The minimum Gasteiger partial charge on any atom is -0.466 e. The number of hydrogen-bond acceptors (Lipinski definition) is 11. The topological polar surface area (TPSA) is 140 Å². The lowest BCUT2D eigenvalue weighted by Crippen LogP contribution is -2.20. The molecule has 0 atom stereocenters. The van der Waals surface area contributed by atoms with Gasteiger partial charge in [-0.05, 0) is 55.5 Å². The molecule has 0 aliphatic heterocycles. The second kappa shape index (κ2) is 16.2. The van der Waals surface area contributed by atoms with E-state index in [-0.39, 0.29) is 28.5 Å². The number of halogens is 9. The molecule has 6 heterocycles. The van der Waals surface area contributed by atoms with E-state index in [9.17, 15) is 39.5 Å². The molecule has 0 saturated carbocycles. The summed E-state index contributed by atoms with van der Waals surface area (Å²) in [5.74, 6) is -3.06. The van der Waals surface area contributed by atoms with E-state index in [1.807, 2.05) is 19.1 Å². The first-order valence-corrected chi connectivity index (χ1v) is 16.7. The number of nitrogens with zero attached hydrogens (tertiary/aromatic N) is 10. The van der Waals surface area contributed by atoms with Crippen molar-refractivity contribution in [1.82, 2.24) is 49.1 Å². The summed E-state index contributed by atoms with van der Waals surface area (Å²) in [7, 11) is 0. The fourth-order valence-electron chi connectivity index (χ4n) is 5.10. The van der Waals surface area contributed by atoms with Gasteiger partial charge in [0.25, 0.3) is 11.8 Å². The van der Waals surface area contributed by atoms with Crippen molar-refractivity contribution in [1.29, 1.82) is 0 Å². The normalized spacial score (nSPS) is 11.7. The molecule has 6 aromatic heterocycles. The van der Waals surface area contributed by atoms with Crippen molar-refractivity contribution >= 4 is 11.3 Å². The summed E-state index contributed by atoms with van der Waals surface area (Å²) in [5.41, 5.74) is 3.44. The highest BCUT2D eigenvalue weighted by molar-refractivity contribution is 5.64. The Labute approximate surface area is 324 Å². The third kappa shape index (κ3) is 9.77. The molecule has 0 saturated heterocycles. The maximum atomic E-state index is 14.1. The van der Waals surface area contributed by atoms with Gasteiger partial charge in [-0.3, -0.25) is 14.4 Å². The highest BCUT2D eigenvalue weighted by atomic mass is 19.4. The molecule has 8 rings (SSSR count). The van der Waals surface area contributed by atoms with Gasteiger partial charge < -0.3 is 14.2 Å². The Morgan fingerprint density at radius 2 is 1.07 bits per heavy atom. The fraction of sp³-hybridized carbons (Fsp3) is 0.135. The molecule has 59 heavy (non-hydrogen) atoms. The molecule has 8 aromatic rings. The molecule has 302 valence electrons. The van der Waals surface area contributed by atoms with Crippen molar-refractivity contribution in [3.05, 3.63) is 121 Å². The quantitative estimate of drug-likeness (QED) is 0.130. The SMILES string of the molecule is Cc1ccc(Oc2nnc3cnc(-c4cnc(OCC(F)(F)F)c(F)c4)cn23)cc1.Fc1ccc(-c2nnc3cnc(-c4cnc(OCC(F)(F)F)c(F)c4)cn23)cc1. The van der Waals surface area contributed by atoms with Crippen molar-refractivity contribution in [2.75, 3.05) is 13.2 Å². The van der Waals surface area contributed by atoms with Gasteiger partial charge in [0.15, 0.2) is 42.0 Å². The predicted molar refractivity (Wildman–Crippen MR) is 188 cm³/mol. The van der Waals surface area contributed by atoms with Crippen LogP contribution in [0.15, 0.2) is 97.8 Å². The van der Waals surface area contributed by atoms with Gasteiger partial charge in [0.1, 0.15) is 11.6 Å². The number of alkyl halides is 6. The van der Waals surface area contributed by atoms with E-state index in [4.69, 9.17) is 4.74 Å². The number of ether oxygens (including phenoxy) is 3. The lowest BCUT2D eigenvalue weighted by Gasteiger charge is -2.10. The summed E-state index contributed by atoms with van der Waals surface area (Å²) < 4.78 is 132. The lowest BCUT2D eigenvalue weighted by molar-refractivity contribution is -0.155. The third-order valence-electron chi connectivity index (χ3n) is 7.84. The number of pyridine rings is 2. The molecular formula is C37H23F9N10O3. The van der Waals surface area contributed by atoms with Gasteiger partial charge in [0.05, 0.1) is 23.8 Å². The molecule has 13 nitrogen and oxygen atoms in total. The van der Waals surface area contributed by atoms with Gasteiger partial charge in [-0.25, -0.2) is 27.5 Å². The Bertz CT molecular complexity index is 2740. The molecule has 0 aliphatic carbocycles. The van der Waals surface area contributed by atoms with E-state index < -0.39 is 54.8 Å². The van der Waals surface area contributed by atoms with Crippen LogP contribution < -0.4 is 14.2 Å². The van der Waals surface area contributed by atoms with Crippen LogP contribution in [0.25, 0.3) is 45.2 Å². The molecular weight excluding hydrogens is 803 g/mol. The van der Waals surface area contributed by atoms with Crippen LogP contribution in [0.5, 0.6) is 23.5 Å². The minimum absolute atomic E-state index is 0.163. The maximum Gasteiger partial charge on any atom is 0.422 e. The molecule has 2 aromatic carbocycles. The summed E-state index contributed by atoms with van der Waals surface area (Å²) in [6.07, 6.45) is -1.09. The zero-order valence-electron chi connectivity index (χ0n) is 29.8. The second-order valence-electron chi connectivity index (χ2n) is 12.3. The van der Waals surface area contributed by atoms with Crippen LogP contribution in [-0.4, -0.2) is 74.7 Å². The van der Waals surface area contributed by atoms with Crippen LogP contribution in [0.1, 0.15) is 5.56 Å². The number of rotatable bonds is 9. The first kappa shape index (κ1) is 39.8. The molecule has 0 radical (unpaired) electrons. The lowest BCUT2D eigenvalue weighted by atomic mass is 10.2. The van der Waals surface area contributed by atoms with Crippen molar-refractivity contribution in [2.24, 2.45) is 0 Å². The van der Waals surface area contributed by atoms with Gasteiger partial charge in [0.2, 0.25) is 0 Å². The molecule has 22 heteroatoms. The average Bonchev–Trinajstić information content (AvgIpc) is 3.81. The molecule has 0 bridgehead atoms. The predicted octanol–water partition coefficient (Wildman–Crippen LogP) is 8.44. The van der Waals surface area contributed by atoms with Crippen molar-refractivity contribution in [2.45, 2.75) is 19.3 Å². The van der Waals surface area contributed by atoms with Crippen LogP contribution in [0.4, 0.5) is 39.5 Å². The standard InChI is InChI=1S/C19H13F4N5O2.C18H10F5N5O/c1-11-2-4-13(5-3-11)30-18-27-26-16-8-24-15(9-28(16)18)12-6-14(20)17(25-7-12)29-10-19(21,22)23;19-12-3-1-10(2-4-12)16-27-26-15-7-24-14(8-28(15)16)11-5-13(20)17(25-6-11)29-9-18(21,22)23/h2-9H,10H2,1H3;1-8H,9H2. The Morgan fingerprint density at radius 1 is 0.559 bits per heavy atom. The van der Waals surface area contributed by atoms with Gasteiger partial charge >= 0.3 is 18.4 Å². The van der Waals surface area contributed by atoms with E-state index in [1.165, 1.54) is 53.5 Å². The average molecular weight is 827 g/mol. The Kier molecular flexibility index (Phi) is 11.0. The summed E-state index contributed by atoms with van der Waals surface area (Å²) in [5, 5.41) is 15.9. The molecule has 0 fully saturated rings. The smallest absolute Gasteiger partial charge is 0.422 e. The van der Waals surface area contributed by atoms with Crippen LogP contribution in [-0.2, 0) is 0 Å². The van der Waals surface area contributed by atoms with Crippen molar-refractivity contribution in [3.8, 4) is 57.4 Å². The van der Waals surface area contributed by atoms with Crippen LogP contribution in [0.2, 0.25) is 0 Å². The van der Waals surface area contributed by atoms with Crippen LogP contribution in [0, 0.1) is 24.4 Å². The van der Waals surface area contributed by atoms with E-state index in [2.05, 4.69) is 49.8 Å². The van der Waals surface area contributed by atoms with E-state index >= 15 is 0 Å². The monoisotopic (exact) mass is 826 g/mol.